The van der Waals surface area contributed by atoms with Gasteiger partial charge >= 0.3 is 0 Å². The normalized spacial score (nSPS) is 15.1. The number of rotatable bonds is 9. The highest BCUT2D eigenvalue weighted by Gasteiger charge is 2.30. The number of hydrogen-bond acceptors (Lipinski definition) is 7. The van der Waals surface area contributed by atoms with Gasteiger partial charge in [-0.05, 0) is 55.5 Å². The van der Waals surface area contributed by atoms with Crippen molar-refractivity contribution in [3.05, 3.63) is 36.4 Å². The van der Waals surface area contributed by atoms with Crippen LogP contribution in [0.15, 0.2) is 51.1 Å². The van der Waals surface area contributed by atoms with Gasteiger partial charge in [-0.2, -0.15) is 4.31 Å². The Morgan fingerprint density at radius 1 is 1.03 bits per heavy atom. The third kappa shape index (κ3) is 6.29. The monoisotopic (exact) mass is 541 g/mol. The molecule has 1 aliphatic rings. The van der Waals surface area contributed by atoms with Gasteiger partial charge in [0.2, 0.25) is 15.9 Å². The maximum atomic E-state index is 13.3. The topological polar surface area (TPSA) is 122 Å². The van der Waals surface area contributed by atoms with E-state index in [-0.39, 0.29) is 33.1 Å². The van der Waals surface area contributed by atoms with E-state index >= 15 is 0 Å². The van der Waals surface area contributed by atoms with Crippen molar-refractivity contribution in [3.8, 4) is 5.75 Å². The Kier molecular flexibility index (Phi) is 8.73. The van der Waals surface area contributed by atoms with Crippen LogP contribution in [-0.4, -0.2) is 53.5 Å². The molecule has 35 heavy (non-hydrogen) atoms. The second kappa shape index (κ2) is 11.2. The molecule has 3 rings (SSSR count). The van der Waals surface area contributed by atoms with Crippen molar-refractivity contribution in [3.63, 3.8) is 0 Å². The first-order valence-corrected chi connectivity index (χ1v) is 15.3. The lowest BCUT2D eigenvalue weighted by Gasteiger charge is -2.26. The zero-order valence-electron chi connectivity index (χ0n) is 20.2. The molecule has 0 saturated carbocycles. The fourth-order valence-corrected chi connectivity index (χ4v) is 6.94. The van der Waals surface area contributed by atoms with E-state index in [1.54, 1.807) is 19.9 Å². The summed E-state index contributed by atoms with van der Waals surface area (Å²) >= 11 is 1.38. The summed E-state index contributed by atoms with van der Waals surface area (Å²) in [6.07, 6.45) is 4.34. The largest absolute Gasteiger partial charge is 0.495 e. The van der Waals surface area contributed by atoms with E-state index in [2.05, 4.69) is 10.0 Å². The predicted molar refractivity (Wildman–Crippen MR) is 138 cm³/mol. The number of thioether (sulfide) groups is 1. The molecule has 1 aliphatic heterocycles. The average molecular weight is 542 g/mol. The van der Waals surface area contributed by atoms with E-state index in [0.29, 0.717) is 18.8 Å². The van der Waals surface area contributed by atoms with Crippen LogP contribution in [0.3, 0.4) is 0 Å². The van der Waals surface area contributed by atoms with Gasteiger partial charge in [-0.15, -0.1) is 11.8 Å². The van der Waals surface area contributed by atoms with Crippen LogP contribution >= 0.6 is 11.8 Å². The molecule has 0 aliphatic carbocycles. The minimum absolute atomic E-state index is 0.0642. The van der Waals surface area contributed by atoms with Crippen LogP contribution in [-0.2, 0) is 24.8 Å². The van der Waals surface area contributed by atoms with Gasteiger partial charge in [0.25, 0.3) is 10.0 Å². The zero-order chi connectivity index (χ0) is 25.8. The van der Waals surface area contributed by atoms with Gasteiger partial charge in [0.1, 0.15) is 10.6 Å². The fraction of sp³-hybridized carbons (Fsp3) is 0.435. The number of hydrogen-bond donors (Lipinski definition) is 2. The fourth-order valence-electron chi connectivity index (χ4n) is 3.63. The molecule has 1 amide bonds. The number of carbonyl (C=O) groups excluding carboxylic acids is 1. The lowest BCUT2D eigenvalue weighted by molar-refractivity contribution is -0.118. The Morgan fingerprint density at radius 3 is 2.31 bits per heavy atom. The summed E-state index contributed by atoms with van der Waals surface area (Å²) in [5.41, 5.74) is 0.477. The molecule has 1 saturated heterocycles. The SMILES string of the molecule is COc1ccc(NS(=O)(=O)c2ccc(SC)c(NC(=O)C(C)C)c2)cc1S(=O)(=O)N1CCCCC1. The second-order valence-electron chi connectivity index (χ2n) is 8.44. The number of ether oxygens (including phenoxy) is 1. The summed E-state index contributed by atoms with van der Waals surface area (Å²) in [7, 11) is -6.58. The van der Waals surface area contributed by atoms with Crippen molar-refractivity contribution >= 4 is 49.1 Å². The van der Waals surface area contributed by atoms with Gasteiger partial charge in [-0.1, -0.05) is 20.3 Å². The highest BCUT2D eigenvalue weighted by atomic mass is 32.2. The third-order valence-corrected chi connectivity index (χ3v) is 9.71. The molecule has 2 aromatic carbocycles. The van der Waals surface area contributed by atoms with Crippen molar-refractivity contribution in [1.29, 1.82) is 0 Å². The van der Waals surface area contributed by atoms with Gasteiger partial charge in [-0.3, -0.25) is 9.52 Å². The lowest BCUT2D eigenvalue weighted by Crippen LogP contribution is -2.35. The van der Waals surface area contributed by atoms with Crippen molar-refractivity contribution in [2.75, 3.05) is 36.5 Å². The maximum absolute atomic E-state index is 13.3. The first-order valence-electron chi connectivity index (χ1n) is 11.2. The zero-order valence-corrected chi connectivity index (χ0v) is 22.6. The number of nitrogens with one attached hydrogen (secondary N) is 2. The van der Waals surface area contributed by atoms with E-state index in [1.807, 2.05) is 6.26 Å². The van der Waals surface area contributed by atoms with Crippen molar-refractivity contribution in [2.45, 2.75) is 47.8 Å². The van der Waals surface area contributed by atoms with E-state index in [9.17, 15) is 21.6 Å². The maximum Gasteiger partial charge on any atom is 0.261 e. The van der Waals surface area contributed by atoms with Gasteiger partial charge in [0.15, 0.2) is 0 Å². The Bertz CT molecular complexity index is 1290. The number of amides is 1. The quantitative estimate of drug-likeness (QED) is 0.460. The average Bonchev–Trinajstić information content (AvgIpc) is 2.84. The number of benzene rings is 2. The van der Waals surface area contributed by atoms with E-state index in [4.69, 9.17) is 4.74 Å². The molecule has 192 valence electrons. The van der Waals surface area contributed by atoms with Crippen LogP contribution in [0, 0.1) is 5.92 Å². The van der Waals surface area contributed by atoms with Crippen LogP contribution < -0.4 is 14.8 Å². The molecule has 1 fully saturated rings. The van der Waals surface area contributed by atoms with Gasteiger partial charge in [0.05, 0.1) is 23.4 Å². The summed E-state index contributed by atoms with van der Waals surface area (Å²) < 4.78 is 62.0. The van der Waals surface area contributed by atoms with Gasteiger partial charge in [-0.25, -0.2) is 16.8 Å². The number of methoxy groups -OCH3 is 1. The minimum Gasteiger partial charge on any atom is -0.495 e. The highest BCUT2D eigenvalue weighted by molar-refractivity contribution is 7.98. The van der Waals surface area contributed by atoms with Crippen LogP contribution in [0.1, 0.15) is 33.1 Å². The molecule has 12 heteroatoms. The molecule has 0 atom stereocenters. The smallest absolute Gasteiger partial charge is 0.261 e. The van der Waals surface area contributed by atoms with Crippen LogP contribution in [0.4, 0.5) is 11.4 Å². The Balaban J connectivity index is 1.95. The molecule has 0 unspecified atom stereocenters. The Morgan fingerprint density at radius 2 is 1.71 bits per heavy atom. The van der Waals surface area contributed by atoms with Crippen LogP contribution in [0.2, 0.25) is 0 Å². The number of anilines is 2. The molecule has 0 aromatic heterocycles. The lowest BCUT2D eigenvalue weighted by atomic mass is 10.2. The Hall–Kier alpha value is -2.28. The summed E-state index contributed by atoms with van der Waals surface area (Å²) in [6.45, 7) is 4.31. The van der Waals surface area contributed by atoms with Crippen molar-refractivity contribution in [2.24, 2.45) is 5.92 Å². The minimum atomic E-state index is -4.08. The first-order chi connectivity index (χ1) is 16.5. The van der Waals surface area contributed by atoms with Crippen molar-refractivity contribution < 1.29 is 26.4 Å². The molecule has 0 radical (unpaired) electrons. The standard InChI is InChI=1S/C23H31N3O6S3/c1-16(2)23(27)24-19-15-18(9-11-21(19)33-4)34(28,29)25-17-8-10-20(32-3)22(14-17)35(30,31)26-12-6-5-7-13-26/h8-11,14-16,25H,5-7,12-13H2,1-4H3,(H,24,27). The van der Waals surface area contributed by atoms with Crippen LogP contribution in [0.5, 0.6) is 5.75 Å². The highest BCUT2D eigenvalue weighted by Crippen LogP contribution is 2.33. The molecule has 0 spiro atoms. The molecule has 2 aromatic rings. The molecule has 9 nitrogen and oxygen atoms in total. The molecule has 1 heterocycles. The summed E-state index contributed by atoms with van der Waals surface area (Å²) in [4.78, 5) is 12.8. The van der Waals surface area contributed by atoms with Crippen molar-refractivity contribution in [1.82, 2.24) is 4.31 Å². The first kappa shape index (κ1) is 27.3. The van der Waals surface area contributed by atoms with E-state index in [0.717, 1.165) is 24.2 Å². The van der Waals surface area contributed by atoms with Gasteiger partial charge < -0.3 is 10.1 Å². The number of piperidine rings is 1. The van der Waals surface area contributed by atoms with Crippen LogP contribution in [0.25, 0.3) is 0 Å². The molecule has 0 bridgehead atoms. The van der Waals surface area contributed by atoms with E-state index < -0.39 is 20.0 Å². The predicted octanol–water partition coefficient (Wildman–Crippen LogP) is 3.99. The molecule has 2 N–H and O–H groups in total. The number of sulfonamides is 2. The van der Waals surface area contributed by atoms with E-state index in [1.165, 1.54) is 53.5 Å². The molecular formula is C23H31N3O6S3. The summed E-state index contributed by atoms with van der Waals surface area (Å²) in [5.74, 6) is -0.366. The summed E-state index contributed by atoms with van der Waals surface area (Å²) in [6, 6.07) is 8.61. The number of nitrogens with zero attached hydrogens (tertiary/aromatic N) is 1. The van der Waals surface area contributed by atoms with Gasteiger partial charge in [0, 0.05) is 23.9 Å². The Labute approximate surface area is 211 Å². The summed E-state index contributed by atoms with van der Waals surface area (Å²) in [5, 5.41) is 2.76. The molecular weight excluding hydrogens is 510 g/mol. The third-order valence-electron chi connectivity index (χ3n) is 5.61. The number of carbonyl (C=O) groups is 1. The second-order valence-corrected chi connectivity index (χ2v) is 12.9.